The topological polar surface area (TPSA) is 38.5 Å². The fraction of sp³-hybridized carbons (Fsp3) is 1.00. The second kappa shape index (κ2) is 5.89. The van der Waals surface area contributed by atoms with Crippen molar-refractivity contribution in [2.75, 3.05) is 26.7 Å². The maximum absolute atomic E-state index is 6.14. The summed E-state index contributed by atoms with van der Waals surface area (Å²) in [6.07, 6.45) is 6.60. The van der Waals surface area contributed by atoms with Crippen LogP contribution in [0, 0.1) is 11.8 Å². The Hall–Kier alpha value is -0.120. The molecule has 0 bridgehead atoms. The molecule has 0 aromatic heterocycles. The maximum Gasteiger partial charge on any atom is 0.0572 e. The minimum atomic E-state index is 0.276. The van der Waals surface area contributed by atoms with Gasteiger partial charge < -0.3 is 10.5 Å². The average molecular weight is 254 g/mol. The van der Waals surface area contributed by atoms with Crippen LogP contribution in [0.1, 0.15) is 46.0 Å². The summed E-state index contributed by atoms with van der Waals surface area (Å²) >= 11 is 0. The normalized spacial score (nSPS) is 38.5. The molecular formula is C15H30N2O. The van der Waals surface area contributed by atoms with Gasteiger partial charge in [-0.05, 0) is 50.5 Å². The SMILES string of the molecule is COC1CCC(CN)(N2CCC(C(C)C)C2)CC1. The van der Waals surface area contributed by atoms with Crippen molar-refractivity contribution < 1.29 is 4.74 Å². The van der Waals surface area contributed by atoms with Crippen LogP contribution in [0.3, 0.4) is 0 Å². The van der Waals surface area contributed by atoms with Crippen LogP contribution in [0.2, 0.25) is 0 Å². The highest BCUT2D eigenvalue weighted by Crippen LogP contribution is 2.38. The molecule has 2 fully saturated rings. The van der Waals surface area contributed by atoms with E-state index in [-0.39, 0.29) is 5.54 Å². The highest BCUT2D eigenvalue weighted by atomic mass is 16.5. The van der Waals surface area contributed by atoms with Crippen molar-refractivity contribution in [1.82, 2.24) is 4.90 Å². The minimum absolute atomic E-state index is 0.276. The molecule has 3 heteroatoms. The van der Waals surface area contributed by atoms with Gasteiger partial charge in [0.15, 0.2) is 0 Å². The Bertz CT molecular complexity index is 259. The number of nitrogens with zero attached hydrogens (tertiary/aromatic N) is 1. The third kappa shape index (κ3) is 2.73. The molecule has 2 rings (SSSR count). The second-order valence-electron chi connectivity index (χ2n) is 6.60. The molecule has 3 nitrogen and oxygen atoms in total. The summed E-state index contributed by atoms with van der Waals surface area (Å²) in [6, 6.07) is 0. The number of methoxy groups -OCH3 is 1. The van der Waals surface area contributed by atoms with Gasteiger partial charge in [-0.3, -0.25) is 4.90 Å². The number of hydrogen-bond donors (Lipinski definition) is 1. The number of hydrogen-bond acceptors (Lipinski definition) is 3. The predicted molar refractivity (Wildman–Crippen MR) is 75.6 cm³/mol. The first-order chi connectivity index (χ1) is 8.61. The van der Waals surface area contributed by atoms with Crippen LogP contribution in [0.15, 0.2) is 0 Å². The van der Waals surface area contributed by atoms with Crippen molar-refractivity contribution in [2.24, 2.45) is 17.6 Å². The lowest BCUT2D eigenvalue weighted by atomic mass is 9.79. The van der Waals surface area contributed by atoms with E-state index in [1.165, 1.54) is 45.2 Å². The molecule has 0 radical (unpaired) electrons. The van der Waals surface area contributed by atoms with Gasteiger partial charge in [0, 0.05) is 25.7 Å². The van der Waals surface area contributed by atoms with Gasteiger partial charge in [-0.25, -0.2) is 0 Å². The molecule has 1 saturated heterocycles. The molecule has 1 saturated carbocycles. The lowest BCUT2D eigenvalue weighted by Crippen LogP contribution is -2.55. The second-order valence-corrected chi connectivity index (χ2v) is 6.60. The number of rotatable bonds is 4. The van der Waals surface area contributed by atoms with E-state index in [0.717, 1.165) is 18.4 Å². The van der Waals surface area contributed by atoms with Crippen LogP contribution in [0.4, 0.5) is 0 Å². The summed E-state index contributed by atoms with van der Waals surface area (Å²) in [5.41, 5.74) is 6.42. The van der Waals surface area contributed by atoms with Gasteiger partial charge in [0.1, 0.15) is 0 Å². The van der Waals surface area contributed by atoms with E-state index in [1.54, 1.807) is 0 Å². The zero-order valence-corrected chi connectivity index (χ0v) is 12.3. The first kappa shape index (κ1) is 14.3. The zero-order chi connectivity index (χ0) is 13.2. The van der Waals surface area contributed by atoms with E-state index in [4.69, 9.17) is 10.5 Å². The van der Waals surface area contributed by atoms with Crippen LogP contribution in [-0.4, -0.2) is 43.3 Å². The Kier molecular flexibility index (Phi) is 4.68. The van der Waals surface area contributed by atoms with E-state index in [1.807, 2.05) is 7.11 Å². The van der Waals surface area contributed by atoms with Gasteiger partial charge in [-0.15, -0.1) is 0 Å². The molecule has 1 aliphatic heterocycles. The molecule has 2 aliphatic rings. The number of nitrogens with two attached hydrogens (primary N) is 1. The largest absolute Gasteiger partial charge is 0.381 e. The molecule has 1 heterocycles. The smallest absolute Gasteiger partial charge is 0.0572 e. The molecule has 18 heavy (non-hydrogen) atoms. The number of likely N-dealkylation sites (tertiary alicyclic amines) is 1. The average Bonchev–Trinajstić information content (AvgIpc) is 2.89. The Morgan fingerprint density at radius 2 is 1.94 bits per heavy atom. The summed E-state index contributed by atoms with van der Waals surface area (Å²) in [6.45, 7) is 8.02. The summed E-state index contributed by atoms with van der Waals surface area (Å²) in [4.78, 5) is 2.70. The Morgan fingerprint density at radius 1 is 1.28 bits per heavy atom. The Labute approximate surface area is 112 Å². The van der Waals surface area contributed by atoms with Crippen LogP contribution in [0.25, 0.3) is 0 Å². The van der Waals surface area contributed by atoms with Crippen molar-refractivity contribution in [2.45, 2.75) is 57.6 Å². The van der Waals surface area contributed by atoms with E-state index in [9.17, 15) is 0 Å². The Balaban J connectivity index is 1.97. The van der Waals surface area contributed by atoms with Gasteiger partial charge in [0.2, 0.25) is 0 Å². The van der Waals surface area contributed by atoms with E-state index in [0.29, 0.717) is 6.10 Å². The van der Waals surface area contributed by atoms with Gasteiger partial charge in [0.25, 0.3) is 0 Å². The molecule has 0 spiro atoms. The van der Waals surface area contributed by atoms with Crippen molar-refractivity contribution in [1.29, 1.82) is 0 Å². The molecule has 0 aromatic rings. The van der Waals surface area contributed by atoms with Gasteiger partial charge in [0.05, 0.1) is 6.10 Å². The predicted octanol–water partition coefficient (Wildman–Crippen LogP) is 2.25. The third-order valence-corrected chi connectivity index (χ3v) is 5.41. The molecule has 2 N–H and O–H groups in total. The quantitative estimate of drug-likeness (QED) is 0.836. The zero-order valence-electron chi connectivity index (χ0n) is 12.3. The lowest BCUT2D eigenvalue weighted by Gasteiger charge is -2.46. The van der Waals surface area contributed by atoms with Crippen molar-refractivity contribution in [3.8, 4) is 0 Å². The molecule has 1 aliphatic carbocycles. The van der Waals surface area contributed by atoms with Crippen LogP contribution in [-0.2, 0) is 4.74 Å². The van der Waals surface area contributed by atoms with Gasteiger partial charge in [-0.1, -0.05) is 13.8 Å². The highest BCUT2D eigenvalue weighted by Gasteiger charge is 2.42. The number of ether oxygens (including phenoxy) is 1. The first-order valence-corrected chi connectivity index (χ1v) is 7.59. The third-order valence-electron chi connectivity index (χ3n) is 5.41. The van der Waals surface area contributed by atoms with Crippen LogP contribution >= 0.6 is 0 Å². The standard InChI is InChI=1S/C15H30N2O/c1-12(2)13-6-9-17(10-13)15(11-16)7-4-14(18-3)5-8-15/h12-14H,4-11,16H2,1-3H3. The minimum Gasteiger partial charge on any atom is -0.381 e. The monoisotopic (exact) mass is 254 g/mol. The molecular weight excluding hydrogens is 224 g/mol. The fourth-order valence-corrected chi connectivity index (χ4v) is 3.78. The summed E-state index contributed by atoms with van der Waals surface area (Å²) in [7, 11) is 1.84. The van der Waals surface area contributed by atoms with Crippen molar-refractivity contribution in [3.05, 3.63) is 0 Å². The molecule has 1 unspecified atom stereocenters. The van der Waals surface area contributed by atoms with Gasteiger partial charge in [-0.2, -0.15) is 0 Å². The lowest BCUT2D eigenvalue weighted by molar-refractivity contribution is 0.000431. The van der Waals surface area contributed by atoms with E-state index >= 15 is 0 Å². The molecule has 0 amide bonds. The van der Waals surface area contributed by atoms with Crippen molar-refractivity contribution in [3.63, 3.8) is 0 Å². The fourth-order valence-electron chi connectivity index (χ4n) is 3.78. The van der Waals surface area contributed by atoms with Crippen LogP contribution in [0.5, 0.6) is 0 Å². The van der Waals surface area contributed by atoms with E-state index in [2.05, 4.69) is 18.7 Å². The van der Waals surface area contributed by atoms with Crippen molar-refractivity contribution >= 4 is 0 Å². The molecule has 106 valence electrons. The summed E-state index contributed by atoms with van der Waals surface area (Å²) < 4.78 is 5.49. The maximum atomic E-state index is 6.14. The summed E-state index contributed by atoms with van der Waals surface area (Å²) in [5, 5.41) is 0. The Morgan fingerprint density at radius 3 is 2.39 bits per heavy atom. The summed E-state index contributed by atoms with van der Waals surface area (Å²) in [5.74, 6) is 1.67. The van der Waals surface area contributed by atoms with Crippen LogP contribution < -0.4 is 5.73 Å². The molecule has 1 atom stereocenters. The van der Waals surface area contributed by atoms with Gasteiger partial charge >= 0.3 is 0 Å². The van der Waals surface area contributed by atoms with E-state index < -0.39 is 0 Å². The molecule has 0 aromatic carbocycles. The first-order valence-electron chi connectivity index (χ1n) is 7.59. The highest BCUT2D eigenvalue weighted by molar-refractivity contribution is 4.99.